The molecule has 0 aromatic heterocycles. The first-order valence-corrected chi connectivity index (χ1v) is 34.3. The Morgan fingerprint density at radius 3 is 0.973 bits per heavy atom. The third kappa shape index (κ3) is 153. The van der Waals surface area contributed by atoms with Gasteiger partial charge in [-0.05, 0) is 134 Å². The largest absolute Gasteiger partial charge is 0.508 e. The molecule has 0 radical (unpaired) electrons. The number of hydrogen-bond acceptors (Lipinski definition) is 22. The molecule has 5 rings (SSSR count). The van der Waals surface area contributed by atoms with E-state index in [2.05, 4.69) is 60.2 Å². The number of rotatable bonds is 10. The van der Waals surface area contributed by atoms with E-state index in [0.29, 0.717) is 43.8 Å². The van der Waals surface area contributed by atoms with E-state index >= 15 is 0 Å². The van der Waals surface area contributed by atoms with Crippen molar-refractivity contribution in [3.8, 4) is 0 Å². The van der Waals surface area contributed by atoms with Crippen molar-refractivity contribution in [1.29, 1.82) is 0 Å². The Hall–Kier alpha value is 0.180. The van der Waals surface area contributed by atoms with Crippen molar-refractivity contribution in [3.63, 3.8) is 0 Å². The number of hydrogen-bond donors (Lipinski definition) is 13. The average Bonchev–Trinajstić information content (AvgIpc) is 3.39. The number of ether oxygens (including phenoxy) is 4. The Morgan fingerprint density at radius 2 is 0.840 bits per heavy atom. The number of aliphatic hydroxyl groups is 5. The van der Waals surface area contributed by atoms with Gasteiger partial charge in [-0.2, -0.15) is 25.3 Å². The van der Waals surface area contributed by atoms with E-state index in [1.54, 1.807) is 0 Å². The molecule has 5 heterocycles. The molecule has 35 heteroatoms. The molecule has 3 amide bonds. The zero-order valence-electron chi connectivity index (χ0n) is 44.4. The minimum absolute atomic E-state index is 0.0359. The first-order valence-electron chi connectivity index (χ1n) is 23.2. The van der Waals surface area contributed by atoms with Crippen LogP contribution in [0.3, 0.4) is 0 Å². The van der Waals surface area contributed by atoms with Crippen LogP contribution in [-0.2, 0) is 18.9 Å². The molecule has 460 valence electrons. The molecule has 5 atom stereocenters. The van der Waals surface area contributed by atoms with Crippen molar-refractivity contribution < 1.29 is 89.4 Å². The van der Waals surface area contributed by atoms with E-state index in [1.807, 2.05) is 0 Å². The van der Waals surface area contributed by atoms with Crippen molar-refractivity contribution in [2.45, 2.75) is 64.2 Å². The number of carbonyl (C=O) groups excluding carboxylic acids is 5. The Morgan fingerprint density at radius 1 is 0.480 bits per heavy atom. The summed E-state index contributed by atoms with van der Waals surface area (Å²) in [4.78, 5) is 51.0. The van der Waals surface area contributed by atoms with Gasteiger partial charge in [-0.1, -0.05) is 23.5 Å². The summed E-state index contributed by atoms with van der Waals surface area (Å²) >= 11 is 11.8. The van der Waals surface area contributed by atoms with Crippen LogP contribution >= 0.6 is 105 Å². The number of nitrogens with two attached hydrogens (primary N) is 3. The lowest BCUT2D eigenvalue weighted by atomic mass is 10.4. The molecule has 0 saturated carbocycles. The van der Waals surface area contributed by atoms with Gasteiger partial charge >= 0.3 is 23.6 Å². The van der Waals surface area contributed by atoms with Crippen LogP contribution < -0.4 is 33.2 Å². The predicted molar refractivity (Wildman–Crippen MR) is 325 cm³/mol. The maximum Gasteiger partial charge on any atom is 0.508 e. The van der Waals surface area contributed by atoms with Gasteiger partial charge in [-0.15, -0.1) is 0 Å². The zero-order chi connectivity index (χ0) is 59.7. The monoisotopic (exact) mass is 1290 g/mol. The van der Waals surface area contributed by atoms with Gasteiger partial charge < -0.3 is 77.6 Å². The summed E-state index contributed by atoms with van der Waals surface area (Å²) in [5.41, 5.74) is 15.1. The second-order valence-electron chi connectivity index (χ2n) is 12.0. The quantitative estimate of drug-likeness (QED) is 0.0323. The lowest BCUT2D eigenvalue weighted by Gasteiger charge is -2.11. The molecule has 0 aromatic carbocycles. The highest BCUT2D eigenvalue weighted by Crippen LogP contribution is 2.23. The van der Waals surface area contributed by atoms with Gasteiger partial charge in [-0.25, -0.2) is 40.2 Å². The Kier molecular flexibility index (Phi) is 142. The Balaban J connectivity index is -0.0000000763. The number of urea groups is 1. The number of aliphatic hydroxyl groups excluding tert-OH is 5. The lowest BCUT2D eigenvalue weighted by Crippen LogP contribution is -2.42. The summed E-state index contributed by atoms with van der Waals surface area (Å²) in [5.74, 6) is 4.57. The maximum absolute atomic E-state index is 10.4. The second-order valence-corrected chi connectivity index (χ2v) is 18.2. The van der Waals surface area contributed by atoms with Gasteiger partial charge in [0.1, 0.15) is 0 Å². The highest BCUT2D eigenvalue weighted by molar-refractivity contribution is 8.39. The Bertz CT molecular complexity index is 841. The first kappa shape index (κ1) is 97.4. The van der Waals surface area contributed by atoms with Gasteiger partial charge in [0, 0.05) is 76.3 Å². The summed E-state index contributed by atoms with van der Waals surface area (Å²) in [6.45, 7) is 15.0. The van der Waals surface area contributed by atoms with E-state index < -0.39 is 50.6 Å². The average molecular weight is 1300 g/mol. The van der Waals surface area contributed by atoms with Gasteiger partial charge in [-0.3, -0.25) is 4.79 Å². The van der Waals surface area contributed by atoms with Crippen LogP contribution in [0.15, 0.2) is 0 Å². The molecular formula is C40H96F5N6O14P5S5. The molecule has 0 aromatic rings. The summed E-state index contributed by atoms with van der Waals surface area (Å²) < 4.78 is 69.9. The molecule has 5 aliphatic rings. The van der Waals surface area contributed by atoms with Crippen LogP contribution in [-0.4, -0.2) is 214 Å². The predicted octanol–water partition coefficient (Wildman–Crippen LogP) is 8.06. The van der Waals surface area contributed by atoms with Gasteiger partial charge in [0.2, 0.25) is 4.45 Å². The minimum Gasteiger partial charge on any atom is -0.458 e. The molecule has 0 spiro atoms. The molecule has 5 unspecified atom stereocenters. The van der Waals surface area contributed by atoms with Crippen LogP contribution in [0, 0.1) is 0 Å². The van der Waals surface area contributed by atoms with E-state index in [4.69, 9.17) is 42.7 Å². The van der Waals surface area contributed by atoms with Crippen molar-refractivity contribution in [2.75, 3.05) is 161 Å². The fraction of sp³-hybridized carbons (Fsp3) is 0.875. The number of cyclic esters (lactones) is 4. The number of alkyl carbamates (subject to hydrolysis) is 1. The molecular weight excluding hydrogens is 1200 g/mol. The summed E-state index contributed by atoms with van der Waals surface area (Å²) in [5, 5.41) is 47.5. The first-order chi connectivity index (χ1) is 36.1. The summed E-state index contributed by atoms with van der Waals surface area (Å²) in [6.07, 6.45) is 7.98. The van der Waals surface area contributed by atoms with Crippen LogP contribution in [0.1, 0.15) is 64.2 Å². The van der Waals surface area contributed by atoms with Crippen LogP contribution in [0.4, 0.5) is 45.0 Å². The number of nitrogens with one attached hydrogen (secondary N) is 3. The van der Waals surface area contributed by atoms with E-state index in [-0.39, 0.29) is 50.5 Å². The number of amides is 3. The molecule has 14 N–H and O–H groups in total. The van der Waals surface area contributed by atoms with Gasteiger partial charge in [0.25, 0.3) is 0 Å². The van der Waals surface area contributed by atoms with Crippen LogP contribution in [0.5, 0.6) is 0 Å². The molecule has 20 nitrogen and oxygen atoms in total. The number of carbonyl (C=O) groups is 5. The molecule has 75 heavy (non-hydrogen) atoms. The van der Waals surface area contributed by atoms with E-state index in [0.717, 1.165) is 113 Å². The SMILES string of the molecule is CPF.CPF.CPF.CPF.CPF.NCCCN.NCCCO.O=C1NCCCN1.O=C1NCCCO1.O=C1OCCCO1.O=C1OCCCS1.O=C1SCCCS1.OCCCO.OCCCS.OCCCS. The second kappa shape index (κ2) is 110. The highest BCUT2D eigenvalue weighted by atomic mass is 32.2. The Labute approximate surface area is 478 Å². The van der Waals surface area contributed by atoms with Gasteiger partial charge in [0.05, 0.1) is 70.9 Å². The van der Waals surface area contributed by atoms with Crippen LogP contribution in [0.2, 0.25) is 0 Å². The van der Waals surface area contributed by atoms with Crippen molar-refractivity contribution >= 4 is 133 Å². The topological polar surface area (TPSA) is 338 Å². The fourth-order valence-electron chi connectivity index (χ4n) is 2.69. The summed E-state index contributed by atoms with van der Waals surface area (Å²) in [6, 6.07) is -0.0359. The number of thiol groups is 2. The fourth-order valence-corrected chi connectivity index (χ4v) is 5.49. The molecule has 5 aliphatic heterocycles. The summed E-state index contributed by atoms with van der Waals surface area (Å²) in [7, 11) is -2.08. The van der Waals surface area contributed by atoms with E-state index in [1.165, 1.54) is 75.0 Å². The molecule has 0 aliphatic carbocycles. The highest BCUT2D eigenvalue weighted by Gasteiger charge is 2.09. The minimum atomic E-state index is -0.536. The molecule has 0 bridgehead atoms. The number of halogens is 5. The number of thioether (sulfide) groups is 3. The smallest absolute Gasteiger partial charge is 0.458 e. The lowest BCUT2D eigenvalue weighted by molar-refractivity contribution is 0.0192. The third-order valence-corrected chi connectivity index (χ3v) is 9.30. The molecule has 5 saturated heterocycles. The zero-order valence-corrected chi connectivity index (χ0v) is 53.6. The van der Waals surface area contributed by atoms with Crippen LogP contribution in [0.25, 0.3) is 0 Å². The van der Waals surface area contributed by atoms with Crippen molar-refractivity contribution in [2.24, 2.45) is 17.2 Å². The molecule has 5 fully saturated rings. The van der Waals surface area contributed by atoms with Gasteiger partial charge in [0.15, 0.2) is 0 Å². The van der Waals surface area contributed by atoms with Crippen molar-refractivity contribution in [1.82, 2.24) is 16.0 Å². The normalized spacial score (nSPS) is 14.6. The van der Waals surface area contributed by atoms with E-state index in [9.17, 15) is 45.0 Å². The standard InChI is InChI=1S/C4H8N2O.C4H7NO2.C4H6O3.C4H6O2S.C4H6OS2.C3H10N2.C3H9NO.C3H8O2.2C3H8OS.5CH4FP/c7-4-5-2-1-3-6-4;6-4-5-2-1-3-7-4;3*5-4-6-2-1-3-7-4;5*4-2-1-3-5;5*1-3-2/h1-3H2,(H2,5,6,7);1-3H2,(H,5,6);3*1-3H2;1-5H2;5H,1-4H2;3*4-5H,1-3H2;5*3H,1H3. The third-order valence-electron chi connectivity index (χ3n) is 5.65. The van der Waals surface area contributed by atoms with Crippen molar-refractivity contribution in [3.05, 3.63) is 0 Å². The maximum atomic E-state index is 10.4.